The summed E-state index contributed by atoms with van der Waals surface area (Å²) in [7, 11) is 0. The first-order chi connectivity index (χ1) is 20.7. The molecule has 2 fully saturated rings. The molecule has 1 amide bonds. The highest BCUT2D eigenvalue weighted by Crippen LogP contribution is 2.42. The van der Waals surface area contributed by atoms with Crippen LogP contribution < -0.4 is 0 Å². The summed E-state index contributed by atoms with van der Waals surface area (Å²) in [5.74, 6) is 1.66. The molecule has 1 saturated heterocycles. The van der Waals surface area contributed by atoms with E-state index in [4.69, 9.17) is 21.6 Å². The van der Waals surface area contributed by atoms with E-state index in [0.29, 0.717) is 23.5 Å². The first-order valence-corrected chi connectivity index (χ1v) is 15.6. The molecule has 0 bridgehead atoms. The summed E-state index contributed by atoms with van der Waals surface area (Å²) in [4.78, 5) is 31.9. The number of benzene rings is 2. The van der Waals surface area contributed by atoms with Crippen molar-refractivity contribution >= 4 is 33.9 Å². The van der Waals surface area contributed by atoms with Crippen LogP contribution in [0.15, 0.2) is 73.1 Å². The molecule has 2 aliphatic rings. The number of hydrogen-bond acceptors (Lipinski definition) is 5. The van der Waals surface area contributed by atoms with Crippen molar-refractivity contribution in [1.82, 2.24) is 29.2 Å². The van der Waals surface area contributed by atoms with Gasteiger partial charge in [0, 0.05) is 73.5 Å². The first-order valence-electron chi connectivity index (χ1n) is 15.2. The van der Waals surface area contributed by atoms with E-state index < -0.39 is 0 Å². The van der Waals surface area contributed by atoms with Crippen LogP contribution in [0.2, 0.25) is 5.15 Å². The van der Waals surface area contributed by atoms with Gasteiger partial charge in [0.05, 0.1) is 16.9 Å². The maximum Gasteiger partial charge on any atom is 0.223 e. The van der Waals surface area contributed by atoms with Gasteiger partial charge in [0.1, 0.15) is 11.3 Å². The predicted molar refractivity (Wildman–Crippen MR) is 172 cm³/mol. The Kier molecular flexibility index (Phi) is 7.18. The molecule has 5 aromatic rings. The Morgan fingerprint density at radius 3 is 2.42 bits per heavy atom. The number of fused-ring (bicyclic) bond motifs is 2. The molecular weight excluding hydrogens is 556 g/mol. The second-order valence-electron chi connectivity index (χ2n) is 13.2. The molecule has 2 aromatic carbocycles. The van der Waals surface area contributed by atoms with E-state index in [1.807, 2.05) is 29.3 Å². The third-order valence-electron chi connectivity index (χ3n) is 8.92. The molecule has 8 heteroatoms. The van der Waals surface area contributed by atoms with Crippen LogP contribution in [0.5, 0.6) is 0 Å². The number of carbonyl (C=O) groups excluding carboxylic acids is 1. The van der Waals surface area contributed by atoms with Crippen LogP contribution in [-0.2, 0) is 4.79 Å². The second-order valence-corrected chi connectivity index (χ2v) is 13.6. The zero-order valence-corrected chi connectivity index (χ0v) is 25.8. The van der Waals surface area contributed by atoms with Crippen molar-refractivity contribution in [3.8, 4) is 22.5 Å². The van der Waals surface area contributed by atoms with Crippen molar-refractivity contribution in [1.29, 1.82) is 0 Å². The molecular formula is C35H37ClN6O. The van der Waals surface area contributed by atoms with E-state index in [-0.39, 0.29) is 11.3 Å². The maximum atomic E-state index is 12.7. The summed E-state index contributed by atoms with van der Waals surface area (Å²) in [6.07, 6.45) is 6.43. The predicted octanol–water partition coefficient (Wildman–Crippen LogP) is 7.09. The molecule has 1 saturated carbocycles. The van der Waals surface area contributed by atoms with Gasteiger partial charge >= 0.3 is 0 Å². The number of imidazole rings is 1. The average molecular weight is 593 g/mol. The number of halogens is 1. The number of nitrogens with zero attached hydrogens (tertiary/aromatic N) is 6. The molecule has 0 radical (unpaired) electrons. The quantitative estimate of drug-likeness (QED) is 0.218. The number of rotatable bonds is 5. The molecule has 0 unspecified atom stereocenters. The van der Waals surface area contributed by atoms with Crippen LogP contribution >= 0.6 is 11.6 Å². The highest BCUT2D eigenvalue weighted by molar-refractivity contribution is 6.33. The lowest BCUT2D eigenvalue weighted by atomic mass is 9.78. The Balaban J connectivity index is 1.11. The molecule has 0 N–H and O–H groups in total. The van der Waals surface area contributed by atoms with Gasteiger partial charge in [-0.3, -0.25) is 14.1 Å². The molecule has 43 heavy (non-hydrogen) atoms. The van der Waals surface area contributed by atoms with E-state index in [1.165, 1.54) is 0 Å². The monoisotopic (exact) mass is 592 g/mol. The minimum absolute atomic E-state index is 0.0220. The van der Waals surface area contributed by atoms with Gasteiger partial charge in [-0.1, -0.05) is 80.9 Å². The molecule has 3 aromatic heterocycles. The SMILES string of the molecule is CC(C)(C)CC(=O)N1CCN([C@H]2C[C@@H](c3nc(-c4ccc5ccc(-c6ccccc6)nc5c4)c4c(Cl)nccn43)C2)CC1. The molecule has 1 aliphatic heterocycles. The van der Waals surface area contributed by atoms with E-state index >= 15 is 0 Å². The van der Waals surface area contributed by atoms with E-state index in [2.05, 4.69) is 77.5 Å². The zero-order valence-electron chi connectivity index (χ0n) is 25.0. The topological polar surface area (TPSA) is 66.6 Å². The second kappa shape index (κ2) is 11.0. The van der Waals surface area contributed by atoms with Crippen LogP contribution in [0.3, 0.4) is 0 Å². The van der Waals surface area contributed by atoms with E-state index in [9.17, 15) is 4.79 Å². The summed E-state index contributed by atoms with van der Waals surface area (Å²) in [5.41, 5.74) is 5.65. The Morgan fingerprint density at radius 2 is 1.67 bits per heavy atom. The summed E-state index contributed by atoms with van der Waals surface area (Å²) in [6.45, 7) is 9.88. The zero-order chi connectivity index (χ0) is 29.7. The Labute approximate surface area is 257 Å². The van der Waals surface area contributed by atoms with Gasteiger partial charge in [0.2, 0.25) is 5.91 Å². The lowest BCUT2D eigenvalue weighted by Crippen LogP contribution is -2.55. The van der Waals surface area contributed by atoms with Crippen LogP contribution in [0.1, 0.15) is 51.8 Å². The van der Waals surface area contributed by atoms with E-state index in [0.717, 1.165) is 83.8 Å². The minimum Gasteiger partial charge on any atom is -0.340 e. The van der Waals surface area contributed by atoms with Crippen LogP contribution in [-0.4, -0.2) is 67.3 Å². The maximum absolute atomic E-state index is 12.7. The number of aromatic nitrogens is 4. The van der Waals surface area contributed by atoms with Crippen molar-refractivity contribution in [2.45, 2.75) is 52.0 Å². The van der Waals surface area contributed by atoms with Gasteiger partial charge in [-0.05, 0) is 30.4 Å². The fourth-order valence-electron chi connectivity index (χ4n) is 6.55. The van der Waals surface area contributed by atoms with Gasteiger partial charge in [-0.25, -0.2) is 15.0 Å². The molecule has 4 heterocycles. The normalized spacial score (nSPS) is 19.6. The molecule has 0 spiro atoms. The van der Waals surface area contributed by atoms with Crippen LogP contribution in [0.4, 0.5) is 0 Å². The van der Waals surface area contributed by atoms with Gasteiger partial charge in [0.15, 0.2) is 5.15 Å². The fourth-order valence-corrected chi connectivity index (χ4v) is 6.78. The third kappa shape index (κ3) is 5.52. The molecule has 1 aliphatic carbocycles. The van der Waals surface area contributed by atoms with Gasteiger partial charge in [-0.15, -0.1) is 0 Å². The Hall–Kier alpha value is -3.81. The van der Waals surface area contributed by atoms with Crippen LogP contribution in [0.25, 0.3) is 38.9 Å². The van der Waals surface area contributed by atoms with Gasteiger partial charge in [0.25, 0.3) is 0 Å². The van der Waals surface area contributed by atoms with Crippen molar-refractivity contribution < 1.29 is 4.79 Å². The van der Waals surface area contributed by atoms with Crippen molar-refractivity contribution in [3.05, 3.63) is 84.0 Å². The number of amides is 1. The lowest BCUT2D eigenvalue weighted by Gasteiger charge is -2.46. The number of hydrogen-bond donors (Lipinski definition) is 0. The molecule has 0 atom stereocenters. The van der Waals surface area contributed by atoms with Crippen LogP contribution in [0, 0.1) is 5.41 Å². The third-order valence-corrected chi connectivity index (χ3v) is 9.19. The highest BCUT2D eigenvalue weighted by Gasteiger charge is 2.39. The fraction of sp³-hybridized carbons (Fsp3) is 0.371. The number of piperazine rings is 1. The van der Waals surface area contributed by atoms with Crippen molar-refractivity contribution in [2.24, 2.45) is 5.41 Å². The highest BCUT2D eigenvalue weighted by atomic mass is 35.5. The molecule has 220 valence electrons. The standard InChI is InChI=1S/C35H37ClN6O/c1-35(2,3)22-30(43)41-17-15-40(16-18-41)27-19-26(20-27)34-39-31(32-33(36)37-13-14-42(32)34)25-10-9-24-11-12-28(38-29(24)21-25)23-7-5-4-6-8-23/h4-14,21,26-27H,15-20,22H2,1-3H3/t26-,27+. The Bertz CT molecular complexity index is 1800. The van der Waals surface area contributed by atoms with Crippen molar-refractivity contribution in [3.63, 3.8) is 0 Å². The minimum atomic E-state index is 0.0220. The number of pyridine rings is 1. The summed E-state index contributed by atoms with van der Waals surface area (Å²) < 4.78 is 2.13. The summed E-state index contributed by atoms with van der Waals surface area (Å²) in [5, 5.41) is 1.53. The van der Waals surface area contributed by atoms with Crippen molar-refractivity contribution in [2.75, 3.05) is 26.2 Å². The molecule has 7 rings (SSSR count). The van der Waals surface area contributed by atoms with Gasteiger partial charge < -0.3 is 4.90 Å². The summed E-state index contributed by atoms with van der Waals surface area (Å²) >= 11 is 6.72. The lowest BCUT2D eigenvalue weighted by molar-refractivity contribution is -0.135. The summed E-state index contributed by atoms with van der Waals surface area (Å²) in [6, 6.07) is 21.3. The largest absolute Gasteiger partial charge is 0.340 e. The smallest absolute Gasteiger partial charge is 0.223 e. The van der Waals surface area contributed by atoms with Gasteiger partial charge in [-0.2, -0.15) is 0 Å². The van der Waals surface area contributed by atoms with E-state index in [1.54, 1.807) is 6.20 Å². The first kappa shape index (κ1) is 28.0. The average Bonchev–Trinajstić information content (AvgIpc) is 3.36. The Morgan fingerprint density at radius 1 is 0.930 bits per heavy atom. The molecule has 7 nitrogen and oxygen atoms in total. The number of carbonyl (C=O) groups is 1.